The zero-order valence-corrected chi connectivity index (χ0v) is 20.5. The molecule has 178 valence electrons. The molecule has 4 aromatic carbocycles. The van der Waals surface area contributed by atoms with Crippen molar-refractivity contribution in [1.82, 2.24) is 9.88 Å². The van der Waals surface area contributed by atoms with Crippen LogP contribution >= 0.6 is 11.6 Å². The van der Waals surface area contributed by atoms with Gasteiger partial charge in [-0.2, -0.15) is 0 Å². The van der Waals surface area contributed by atoms with Crippen LogP contribution < -0.4 is 4.74 Å². The number of nitrogens with one attached hydrogen (secondary N) is 1. The maximum absolute atomic E-state index is 11.0. The number of hydrogen-bond acceptors (Lipinski definition) is 3. The average molecular weight is 485 g/mol. The number of nitrogens with zero attached hydrogens (tertiary/aromatic N) is 1. The first-order chi connectivity index (χ1) is 17.1. The molecule has 4 nitrogen and oxygen atoms in total. The lowest BCUT2D eigenvalue weighted by atomic mass is 10.1. The van der Waals surface area contributed by atoms with Crippen LogP contribution in [0.4, 0.5) is 0 Å². The van der Waals surface area contributed by atoms with Crippen molar-refractivity contribution in [2.75, 3.05) is 19.7 Å². The fourth-order valence-electron chi connectivity index (χ4n) is 4.52. The Bertz CT molecular complexity index is 1430. The molecule has 1 aromatic heterocycles. The Kier molecular flexibility index (Phi) is 7.05. The number of H-pyrrole nitrogens is 1. The van der Waals surface area contributed by atoms with Crippen LogP contribution in [0.15, 0.2) is 91.0 Å². The Morgan fingerprint density at radius 2 is 1.66 bits per heavy atom. The minimum absolute atomic E-state index is 0.500. The summed E-state index contributed by atoms with van der Waals surface area (Å²) in [5.41, 5.74) is 5.23. The van der Waals surface area contributed by atoms with Crippen LogP contribution in [0, 0.1) is 6.92 Å². The normalized spacial score (nSPS) is 12.5. The zero-order chi connectivity index (χ0) is 24.2. The first kappa shape index (κ1) is 23.4. The summed E-state index contributed by atoms with van der Waals surface area (Å²) in [7, 11) is 0. The molecular weight excluding hydrogens is 456 g/mol. The third-order valence-electron chi connectivity index (χ3n) is 6.40. The van der Waals surface area contributed by atoms with E-state index in [9.17, 15) is 5.11 Å². The number of aliphatic hydroxyl groups is 1. The van der Waals surface area contributed by atoms with E-state index in [0.29, 0.717) is 24.7 Å². The van der Waals surface area contributed by atoms with Crippen molar-refractivity contribution in [3.05, 3.63) is 113 Å². The number of aromatic nitrogens is 1. The van der Waals surface area contributed by atoms with Gasteiger partial charge in [0.05, 0.1) is 11.6 Å². The van der Waals surface area contributed by atoms with Crippen molar-refractivity contribution in [2.45, 2.75) is 19.6 Å². The van der Waals surface area contributed by atoms with Gasteiger partial charge >= 0.3 is 0 Å². The molecule has 0 spiro atoms. The number of ether oxygens (including phenoxy) is 1. The smallest absolute Gasteiger partial charge is 0.121 e. The van der Waals surface area contributed by atoms with Gasteiger partial charge in [0, 0.05) is 47.0 Å². The van der Waals surface area contributed by atoms with Gasteiger partial charge in [-0.15, -0.1) is 0 Å². The van der Waals surface area contributed by atoms with E-state index in [0.717, 1.165) is 34.5 Å². The van der Waals surface area contributed by atoms with Gasteiger partial charge < -0.3 is 14.8 Å². The molecule has 2 N–H and O–H groups in total. The summed E-state index contributed by atoms with van der Waals surface area (Å²) in [6, 6.07) is 30.5. The number of aryl methyl sites for hydroxylation is 1. The van der Waals surface area contributed by atoms with Crippen LogP contribution in [0.25, 0.3) is 21.8 Å². The Hall–Kier alpha value is -3.31. The summed E-state index contributed by atoms with van der Waals surface area (Å²) in [4.78, 5) is 5.70. The number of fused-ring (bicyclic) bond motifs is 3. The minimum atomic E-state index is -0.614. The molecular formula is C30H29ClN2O2. The highest BCUT2D eigenvalue weighted by Gasteiger charge is 2.15. The maximum Gasteiger partial charge on any atom is 0.121 e. The van der Waals surface area contributed by atoms with E-state index in [1.807, 2.05) is 55.5 Å². The van der Waals surface area contributed by atoms with E-state index in [1.54, 1.807) is 0 Å². The fourth-order valence-corrected chi connectivity index (χ4v) is 4.64. The second kappa shape index (κ2) is 10.5. The van der Waals surface area contributed by atoms with Crippen LogP contribution in [0.2, 0.25) is 5.02 Å². The van der Waals surface area contributed by atoms with Crippen molar-refractivity contribution in [3.8, 4) is 5.75 Å². The van der Waals surface area contributed by atoms with Crippen molar-refractivity contribution in [3.63, 3.8) is 0 Å². The summed E-state index contributed by atoms with van der Waals surface area (Å²) in [5, 5.41) is 14.1. The number of hydrogen-bond donors (Lipinski definition) is 2. The van der Waals surface area contributed by atoms with E-state index in [1.165, 1.54) is 16.3 Å². The topological polar surface area (TPSA) is 48.5 Å². The lowest BCUT2D eigenvalue weighted by Gasteiger charge is -2.25. The molecule has 0 fully saturated rings. The van der Waals surface area contributed by atoms with Crippen molar-refractivity contribution in [1.29, 1.82) is 0 Å². The summed E-state index contributed by atoms with van der Waals surface area (Å²) in [6.45, 7) is 4.39. The van der Waals surface area contributed by atoms with E-state index < -0.39 is 6.10 Å². The molecule has 0 aliphatic carbocycles. The second-order valence-corrected chi connectivity index (χ2v) is 9.38. The molecule has 0 radical (unpaired) electrons. The largest absolute Gasteiger partial charge is 0.492 e. The second-order valence-electron chi connectivity index (χ2n) is 8.97. The summed E-state index contributed by atoms with van der Waals surface area (Å²) in [5.74, 6) is 0.831. The molecule has 5 rings (SSSR count). The standard InChI is InChI=1S/C30H29ClN2O2/c1-21-17-23(11-14-27(21)31)30(34)20-33(19-22-7-3-2-4-8-22)15-16-35-24-12-13-26-25-9-5-6-10-28(25)32-29(26)18-24/h2-14,17-18,30,32,34H,15-16,19-20H2,1H3. The van der Waals surface area contributed by atoms with Gasteiger partial charge in [0.25, 0.3) is 0 Å². The molecule has 0 saturated heterocycles. The van der Waals surface area contributed by atoms with Gasteiger partial charge in [-0.1, -0.05) is 72.3 Å². The molecule has 0 aliphatic heterocycles. The SMILES string of the molecule is Cc1cc(C(O)CN(CCOc2ccc3c(c2)[nH]c2ccccc23)Cc2ccccc2)ccc1Cl. The highest BCUT2D eigenvalue weighted by molar-refractivity contribution is 6.31. The summed E-state index contributed by atoms with van der Waals surface area (Å²) in [6.07, 6.45) is -0.614. The highest BCUT2D eigenvalue weighted by atomic mass is 35.5. The lowest BCUT2D eigenvalue weighted by molar-refractivity contribution is 0.0986. The summed E-state index contributed by atoms with van der Waals surface area (Å²) >= 11 is 6.17. The predicted molar refractivity (Wildman–Crippen MR) is 144 cm³/mol. The van der Waals surface area contributed by atoms with Crippen molar-refractivity contribution < 1.29 is 9.84 Å². The van der Waals surface area contributed by atoms with E-state index in [4.69, 9.17) is 16.3 Å². The minimum Gasteiger partial charge on any atom is -0.492 e. The number of para-hydroxylation sites is 1. The average Bonchev–Trinajstić information content (AvgIpc) is 3.24. The molecule has 0 amide bonds. The van der Waals surface area contributed by atoms with E-state index in [-0.39, 0.29) is 0 Å². The Labute approximate surface area is 210 Å². The first-order valence-electron chi connectivity index (χ1n) is 11.9. The Morgan fingerprint density at radius 1 is 0.886 bits per heavy atom. The van der Waals surface area contributed by atoms with Crippen molar-refractivity contribution in [2.24, 2.45) is 0 Å². The van der Waals surface area contributed by atoms with Gasteiger partial charge in [-0.3, -0.25) is 4.90 Å². The number of aliphatic hydroxyl groups excluding tert-OH is 1. The summed E-state index contributed by atoms with van der Waals surface area (Å²) < 4.78 is 6.14. The van der Waals surface area contributed by atoms with Crippen LogP contribution in [0.3, 0.4) is 0 Å². The third kappa shape index (κ3) is 5.51. The van der Waals surface area contributed by atoms with Crippen LogP contribution in [0.1, 0.15) is 22.8 Å². The van der Waals surface area contributed by atoms with Gasteiger partial charge in [-0.25, -0.2) is 0 Å². The van der Waals surface area contributed by atoms with Crippen LogP contribution in [0.5, 0.6) is 5.75 Å². The quantitative estimate of drug-likeness (QED) is 0.239. The molecule has 5 heteroatoms. The highest BCUT2D eigenvalue weighted by Crippen LogP contribution is 2.28. The molecule has 35 heavy (non-hydrogen) atoms. The maximum atomic E-state index is 11.0. The number of aromatic amines is 1. The zero-order valence-electron chi connectivity index (χ0n) is 19.7. The van der Waals surface area contributed by atoms with E-state index >= 15 is 0 Å². The predicted octanol–water partition coefficient (Wildman–Crippen LogP) is 6.90. The third-order valence-corrected chi connectivity index (χ3v) is 6.82. The number of benzene rings is 4. The fraction of sp³-hybridized carbons (Fsp3) is 0.200. The first-order valence-corrected chi connectivity index (χ1v) is 12.3. The molecule has 1 atom stereocenters. The van der Waals surface area contributed by atoms with Gasteiger partial charge in [-0.05, 0) is 47.9 Å². The van der Waals surface area contributed by atoms with Crippen LogP contribution in [-0.2, 0) is 6.54 Å². The lowest BCUT2D eigenvalue weighted by Crippen LogP contribution is -2.32. The molecule has 0 saturated carbocycles. The van der Waals surface area contributed by atoms with E-state index in [2.05, 4.69) is 52.3 Å². The molecule has 5 aromatic rings. The van der Waals surface area contributed by atoms with Gasteiger partial charge in [0.1, 0.15) is 12.4 Å². The van der Waals surface area contributed by atoms with Gasteiger partial charge in [0.2, 0.25) is 0 Å². The van der Waals surface area contributed by atoms with Crippen molar-refractivity contribution >= 4 is 33.4 Å². The molecule has 1 heterocycles. The number of rotatable bonds is 9. The monoisotopic (exact) mass is 484 g/mol. The Balaban J connectivity index is 1.27. The molecule has 0 bridgehead atoms. The van der Waals surface area contributed by atoms with Gasteiger partial charge in [0.15, 0.2) is 0 Å². The van der Waals surface area contributed by atoms with Crippen LogP contribution in [-0.4, -0.2) is 34.7 Å². The number of halogens is 1. The molecule has 0 aliphatic rings. The molecule has 1 unspecified atom stereocenters. The Morgan fingerprint density at radius 3 is 2.49 bits per heavy atom.